The van der Waals surface area contributed by atoms with Crippen LogP contribution in [-0.2, 0) is 4.79 Å². The Morgan fingerprint density at radius 3 is 2.65 bits per heavy atom. The van der Waals surface area contributed by atoms with Crippen LogP contribution in [0.15, 0.2) is 42.5 Å². The SMILES string of the molecule is CC.CC(=O)N(NC(=S)c1cc(F)ccc1F)C1c2ccccc2OCC1CCNO. The van der Waals surface area contributed by atoms with E-state index in [0.717, 1.165) is 23.8 Å². The zero-order chi connectivity index (χ0) is 23.0. The number of carbonyl (C=O) groups excluding carboxylic acids is 1. The van der Waals surface area contributed by atoms with Gasteiger partial charge in [0, 0.05) is 30.5 Å². The monoisotopic (exact) mass is 451 g/mol. The number of carbonyl (C=O) groups is 1. The van der Waals surface area contributed by atoms with Gasteiger partial charge in [-0.2, -0.15) is 0 Å². The highest BCUT2D eigenvalue weighted by molar-refractivity contribution is 7.80. The van der Waals surface area contributed by atoms with E-state index in [1.54, 1.807) is 6.07 Å². The molecular formula is C22H27F2N3O3S. The first-order valence-electron chi connectivity index (χ1n) is 10.1. The van der Waals surface area contributed by atoms with E-state index in [-0.39, 0.29) is 22.4 Å². The molecule has 1 heterocycles. The molecule has 0 aromatic heterocycles. The molecule has 1 aliphatic heterocycles. The minimum atomic E-state index is -0.694. The van der Waals surface area contributed by atoms with Crippen molar-refractivity contribution in [3.05, 3.63) is 65.2 Å². The maximum absolute atomic E-state index is 14.1. The van der Waals surface area contributed by atoms with Gasteiger partial charge in [-0.1, -0.05) is 44.3 Å². The number of nitrogens with one attached hydrogen (secondary N) is 2. The summed E-state index contributed by atoms with van der Waals surface area (Å²) < 4.78 is 33.5. The lowest BCUT2D eigenvalue weighted by molar-refractivity contribution is -0.136. The molecule has 168 valence electrons. The molecule has 2 atom stereocenters. The second-order valence-corrected chi connectivity index (χ2v) is 7.11. The number of amides is 1. The van der Waals surface area contributed by atoms with Crippen molar-refractivity contribution in [3.8, 4) is 5.75 Å². The number of thiocarbonyl (C=S) groups is 1. The molecule has 3 N–H and O–H groups in total. The highest BCUT2D eigenvalue weighted by Gasteiger charge is 2.37. The number of hydrogen-bond acceptors (Lipinski definition) is 5. The van der Waals surface area contributed by atoms with Crippen molar-refractivity contribution in [3.63, 3.8) is 0 Å². The lowest BCUT2D eigenvalue weighted by Gasteiger charge is -2.40. The van der Waals surface area contributed by atoms with Crippen molar-refractivity contribution >= 4 is 23.1 Å². The van der Waals surface area contributed by atoms with Crippen LogP contribution in [0.2, 0.25) is 0 Å². The van der Waals surface area contributed by atoms with Gasteiger partial charge in [-0.05, 0) is 30.7 Å². The summed E-state index contributed by atoms with van der Waals surface area (Å²) in [5.74, 6) is -1.24. The Kier molecular flexibility index (Phi) is 9.29. The van der Waals surface area contributed by atoms with Crippen LogP contribution in [0.5, 0.6) is 5.75 Å². The molecule has 0 saturated carbocycles. The first kappa shape index (κ1) is 24.6. The number of ether oxygens (including phenoxy) is 1. The van der Waals surface area contributed by atoms with Gasteiger partial charge in [0.05, 0.1) is 12.6 Å². The van der Waals surface area contributed by atoms with Crippen LogP contribution in [0.1, 0.15) is 44.4 Å². The Morgan fingerprint density at radius 2 is 1.97 bits per heavy atom. The van der Waals surface area contributed by atoms with Gasteiger partial charge in [-0.25, -0.2) is 19.3 Å². The van der Waals surface area contributed by atoms with Crippen LogP contribution in [0.25, 0.3) is 0 Å². The van der Waals surface area contributed by atoms with Crippen LogP contribution in [0.4, 0.5) is 8.78 Å². The molecular weight excluding hydrogens is 424 g/mol. The van der Waals surface area contributed by atoms with Gasteiger partial charge < -0.3 is 9.94 Å². The molecule has 0 saturated heterocycles. The average molecular weight is 452 g/mol. The Labute approximate surface area is 186 Å². The summed E-state index contributed by atoms with van der Waals surface area (Å²) in [6.07, 6.45) is 0.502. The van der Waals surface area contributed by atoms with E-state index in [9.17, 15) is 13.6 Å². The molecule has 2 aromatic rings. The number of hydroxylamine groups is 1. The first-order chi connectivity index (χ1) is 14.9. The van der Waals surface area contributed by atoms with E-state index in [1.807, 2.05) is 32.0 Å². The lowest BCUT2D eigenvalue weighted by Crippen LogP contribution is -2.51. The highest BCUT2D eigenvalue weighted by Crippen LogP contribution is 2.40. The predicted molar refractivity (Wildman–Crippen MR) is 118 cm³/mol. The minimum Gasteiger partial charge on any atom is -0.493 e. The van der Waals surface area contributed by atoms with Crippen molar-refractivity contribution in [2.45, 2.75) is 33.2 Å². The minimum absolute atomic E-state index is 0.111. The van der Waals surface area contributed by atoms with Gasteiger partial charge in [-0.15, -0.1) is 0 Å². The number of para-hydroxylation sites is 1. The zero-order valence-electron chi connectivity index (χ0n) is 17.7. The first-order valence-corrected chi connectivity index (χ1v) is 10.5. The number of halogens is 2. The van der Waals surface area contributed by atoms with Crippen molar-refractivity contribution in [1.29, 1.82) is 0 Å². The van der Waals surface area contributed by atoms with E-state index in [2.05, 4.69) is 10.9 Å². The second kappa shape index (κ2) is 11.7. The number of hydrogen-bond donors (Lipinski definition) is 3. The number of rotatable bonds is 5. The Bertz CT molecular complexity index is 913. The van der Waals surface area contributed by atoms with Gasteiger partial charge >= 0.3 is 0 Å². The van der Waals surface area contributed by atoms with E-state index in [4.69, 9.17) is 22.2 Å². The average Bonchev–Trinajstić information content (AvgIpc) is 2.78. The molecule has 0 aliphatic carbocycles. The smallest absolute Gasteiger partial charge is 0.238 e. The van der Waals surface area contributed by atoms with Gasteiger partial charge in [0.1, 0.15) is 22.4 Å². The number of fused-ring (bicyclic) bond motifs is 1. The molecule has 31 heavy (non-hydrogen) atoms. The third-order valence-corrected chi connectivity index (χ3v) is 5.09. The largest absolute Gasteiger partial charge is 0.493 e. The molecule has 0 spiro atoms. The predicted octanol–water partition coefficient (Wildman–Crippen LogP) is 4.14. The van der Waals surface area contributed by atoms with Crippen LogP contribution in [0, 0.1) is 17.6 Å². The molecule has 0 fully saturated rings. The Balaban J connectivity index is 0.00000166. The third-order valence-electron chi connectivity index (χ3n) is 4.78. The quantitative estimate of drug-likeness (QED) is 0.469. The van der Waals surface area contributed by atoms with Crippen LogP contribution >= 0.6 is 12.2 Å². The molecule has 1 amide bonds. The summed E-state index contributed by atoms with van der Waals surface area (Å²) in [4.78, 5) is 12.4. The molecule has 0 bridgehead atoms. The second-order valence-electron chi connectivity index (χ2n) is 6.70. The van der Waals surface area contributed by atoms with Gasteiger partial charge in [0.25, 0.3) is 0 Å². The van der Waals surface area contributed by atoms with E-state index >= 15 is 0 Å². The summed E-state index contributed by atoms with van der Waals surface area (Å²) in [6, 6.07) is 9.75. The molecule has 2 aromatic carbocycles. The van der Waals surface area contributed by atoms with Gasteiger partial charge in [-0.3, -0.25) is 10.2 Å². The standard InChI is InChI=1S/C20H21F2N3O3S.C2H6/c1-12(26)25(24-20(29)16-10-14(21)6-7-17(16)22)19-13(8-9-23-27)11-28-18-5-3-2-4-15(18)19;1-2/h2-7,10,13,19,23,27H,8-9,11H2,1H3,(H,24,29);1-2H3. The van der Waals surface area contributed by atoms with Crippen LogP contribution in [0.3, 0.4) is 0 Å². The molecule has 3 rings (SSSR count). The van der Waals surface area contributed by atoms with E-state index < -0.39 is 17.7 Å². The summed E-state index contributed by atoms with van der Waals surface area (Å²) in [6.45, 7) is 5.97. The summed E-state index contributed by atoms with van der Waals surface area (Å²) >= 11 is 5.26. The summed E-state index contributed by atoms with van der Waals surface area (Å²) in [7, 11) is 0. The van der Waals surface area contributed by atoms with Crippen molar-refractivity contribution in [1.82, 2.24) is 15.9 Å². The summed E-state index contributed by atoms with van der Waals surface area (Å²) in [5.41, 5.74) is 5.52. The highest BCUT2D eigenvalue weighted by atomic mass is 32.1. The van der Waals surface area contributed by atoms with Crippen molar-refractivity contribution < 1.29 is 23.5 Å². The lowest BCUT2D eigenvalue weighted by atomic mass is 9.87. The van der Waals surface area contributed by atoms with E-state index in [1.165, 1.54) is 11.9 Å². The van der Waals surface area contributed by atoms with Crippen molar-refractivity contribution in [2.24, 2.45) is 5.92 Å². The molecule has 0 radical (unpaired) electrons. The van der Waals surface area contributed by atoms with Gasteiger partial charge in [0.15, 0.2) is 0 Å². The normalized spacial score (nSPS) is 16.8. The Morgan fingerprint density at radius 1 is 1.26 bits per heavy atom. The fraction of sp³-hybridized carbons (Fsp3) is 0.364. The van der Waals surface area contributed by atoms with Crippen molar-refractivity contribution in [2.75, 3.05) is 13.2 Å². The maximum Gasteiger partial charge on any atom is 0.238 e. The Hall–Kier alpha value is -2.62. The topological polar surface area (TPSA) is 73.8 Å². The zero-order valence-corrected chi connectivity index (χ0v) is 18.5. The number of hydrazine groups is 1. The fourth-order valence-corrected chi connectivity index (χ4v) is 3.68. The number of benzene rings is 2. The van der Waals surface area contributed by atoms with E-state index in [0.29, 0.717) is 25.3 Å². The molecule has 2 unspecified atom stereocenters. The maximum atomic E-state index is 14.1. The molecule has 9 heteroatoms. The fourth-order valence-electron chi connectivity index (χ4n) is 3.42. The molecule has 6 nitrogen and oxygen atoms in total. The number of nitrogens with zero attached hydrogens (tertiary/aromatic N) is 1. The van der Waals surface area contributed by atoms with Crippen LogP contribution in [-0.4, -0.2) is 34.3 Å². The third kappa shape index (κ3) is 5.96. The molecule has 1 aliphatic rings. The summed E-state index contributed by atoms with van der Waals surface area (Å²) in [5, 5.41) is 10.3. The van der Waals surface area contributed by atoms with Crippen LogP contribution < -0.4 is 15.6 Å². The van der Waals surface area contributed by atoms with Gasteiger partial charge in [0.2, 0.25) is 5.91 Å².